The second-order valence-electron chi connectivity index (χ2n) is 4.48. The van der Waals surface area contributed by atoms with Gasteiger partial charge in [-0.1, -0.05) is 23.2 Å². The van der Waals surface area contributed by atoms with E-state index in [4.69, 9.17) is 27.9 Å². The van der Waals surface area contributed by atoms with Gasteiger partial charge >= 0.3 is 0 Å². The molecule has 0 spiro atoms. The zero-order valence-electron chi connectivity index (χ0n) is 9.93. The van der Waals surface area contributed by atoms with E-state index in [9.17, 15) is 0 Å². The van der Waals surface area contributed by atoms with E-state index in [1.54, 1.807) is 13.2 Å². The van der Waals surface area contributed by atoms with Crippen molar-refractivity contribution in [2.45, 2.75) is 19.3 Å². The molecule has 0 radical (unpaired) electrons. The van der Waals surface area contributed by atoms with Crippen LogP contribution in [0.15, 0.2) is 12.1 Å². The van der Waals surface area contributed by atoms with Crippen molar-refractivity contribution in [3.05, 3.63) is 27.7 Å². The summed E-state index contributed by atoms with van der Waals surface area (Å²) in [6, 6.07) is 3.74. The first-order valence-corrected chi connectivity index (χ1v) is 6.69. The molecule has 1 saturated heterocycles. The second kappa shape index (κ2) is 5.94. The highest BCUT2D eigenvalue weighted by Crippen LogP contribution is 2.33. The Labute approximate surface area is 112 Å². The van der Waals surface area contributed by atoms with Crippen LogP contribution in [0.5, 0.6) is 5.75 Å². The van der Waals surface area contributed by atoms with E-state index in [1.165, 1.54) is 12.8 Å². The second-order valence-corrected chi connectivity index (χ2v) is 5.29. The Morgan fingerprint density at radius 1 is 1.24 bits per heavy atom. The summed E-state index contributed by atoms with van der Waals surface area (Å²) in [6.45, 7) is 2.21. The van der Waals surface area contributed by atoms with Crippen molar-refractivity contribution in [1.29, 1.82) is 0 Å². The van der Waals surface area contributed by atoms with Crippen LogP contribution >= 0.6 is 23.2 Å². The molecule has 1 aromatic carbocycles. The van der Waals surface area contributed by atoms with Crippen molar-refractivity contribution < 1.29 is 4.74 Å². The van der Waals surface area contributed by atoms with Crippen molar-refractivity contribution in [3.8, 4) is 5.75 Å². The van der Waals surface area contributed by atoms with Crippen LogP contribution < -0.4 is 10.1 Å². The number of halogens is 2. The van der Waals surface area contributed by atoms with Crippen LogP contribution in [0.1, 0.15) is 18.4 Å². The van der Waals surface area contributed by atoms with Crippen molar-refractivity contribution in [2.75, 3.05) is 20.2 Å². The monoisotopic (exact) mass is 273 g/mol. The fraction of sp³-hybridized carbons (Fsp3) is 0.538. The lowest BCUT2D eigenvalue weighted by Gasteiger charge is -2.23. The van der Waals surface area contributed by atoms with Crippen LogP contribution in [0.2, 0.25) is 10.0 Å². The average Bonchev–Trinajstić information content (AvgIpc) is 2.34. The van der Waals surface area contributed by atoms with Gasteiger partial charge in [0.15, 0.2) is 0 Å². The van der Waals surface area contributed by atoms with E-state index < -0.39 is 0 Å². The van der Waals surface area contributed by atoms with Crippen molar-refractivity contribution in [3.63, 3.8) is 0 Å². The maximum absolute atomic E-state index is 6.25. The molecule has 2 rings (SSSR count). The largest absolute Gasteiger partial charge is 0.495 e. The van der Waals surface area contributed by atoms with Gasteiger partial charge in [0.2, 0.25) is 0 Å². The minimum atomic E-state index is 0.640. The highest BCUT2D eigenvalue weighted by Gasteiger charge is 2.16. The molecule has 1 N–H and O–H groups in total. The Morgan fingerprint density at radius 2 is 1.94 bits per heavy atom. The van der Waals surface area contributed by atoms with Gasteiger partial charge in [0.25, 0.3) is 0 Å². The Balaban J connectivity index is 2.12. The minimum Gasteiger partial charge on any atom is -0.495 e. The van der Waals surface area contributed by atoms with E-state index in [2.05, 4.69) is 5.32 Å². The van der Waals surface area contributed by atoms with Gasteiger partial charge in [0.05, 0.1) is 12.1 Å². The average molecular weight is 274 g/mol. The molecule has 0 bridgehead atoms. The third-order valence-corrected chi connectivity index (χ3v) is 3.94. The fourth-order valence-corrected chi connectivity index (χ4v) is 2.77. The number of rotatable bonds is 3. The smallest absolute Gasteiger partial charge is 0.138 e. The number of hydrogen-bond donors (Lipinski definition) is 1. The molecule has 0 unspecified atom stereocenters. The fourth-order valence-electron chi connectivity index (χ4n) is 2.28. The molecule has 0 aromatic heterocycles. The first-order valence-electron chi connectivity index (χ1n) is 5.93. The maximum Gasteiger partial charge on any atom is 0.138 e. The Bertz CT molecular complexity index is 389. The Kier molecular flexibility index (Phi) is 4.55. The Hall–Kier alpha value is -0.440. The molecule has 1 fully saturated rings. The topological polar surface area (TPSA) is 21.3 Å². The summed E-state index contributed by atoms with van der Waals surface area (Å²) in [5.74, 6) is 1.35. The van der Waals surface area contributed by atoms with Crippen molar-refractivity contribution in [2.24, 2.45) is 5.92 Å². The minimum absolute atomic E-state index is 0.640. The summed E-state index contributed by atoms with van der Waals surface area (Å²) in [5.41, 5.74) is 1.13. The number of ether oxygens (including phenoxy) is 1. The Morgan fingerprint density at radius 3 is 2.59 bits per heavy atom. The third-order valence-electron chi connectivity index (χ3n) is 3.29. The quantitative estimate of drug-likeness (QED) is 0.910. The van der Waals surface area contributed by atoms with E-state index in [0.29, 0.717) is 16.7 Å². The van der Waals surface area contributed by atoms with E-state index in [1.807, 2.05) is 6.07 Å². The molecule has 94 valence electrons. The number of methoxy groups -OCH3 is 1. The predicted molar refractivity (Wildman–Crippen MR) is 72.3 cm³/mol. The first kappa shape index (κ1) is 13.0. The van der Waals surface area contributed by atoms with Gasteiger partial charge in [-0.2, -0.15) is 0 Å². The SMILES string of the molecule is COc1cc(Cl)c(CC2CCNCC2)cc1Cl. The predicted octanol–water partition coefficient (Wildman–Crippen LogP) is 3.54. The molecule has 1 heterocycles. The molecule has 1 aromatic rings. The maximum atomic E-state index is 6.25. The zero-order valence-corrected chi connectivity index (χ0v) is 11.4. The lowest BCUT2D eigenvalue weighted by molar-refractivity contribution is 0.372. The van der Waals surface area contributed by atoms with Gasteiger partial charge in [-0.05, 0) is 49.9 Å². The number of piperidine rings is 1. The molecule has 0 atom stereocenters. The first-order chi connectivity index (χ1) is 8.20. The van der Waals surface area contributed by atoms with E-state index in [0.717, 1.165) is 30.1 Å². The standard InChI is InChI=1S/C13H17Cl2NO/c1-17-13-8-11(14)10(7-12(13)15)6-9-2-4-16-5-3-9/h7-9,16H,2-6H2,1H3. The molecule has 1 aliphatic heterocycles. The lowest BCUT2D eigenvalue weighted by atomic mass is 9.91. The van der Waals surface area contributed by atoms with Gasteiger partial charge in [0.1, 0.15) is 5.75 Å². The van der Waals surface area contributed by atoms with Crippen molar-refractivity contribution in [1.82, 2.24) is 5.32 Å². The van der Waals surface area contributed by atoms with Crippen LogP contribution in [-0.4, -0.2) is 20.2 Å². The molecule has 2 nitrogen and oxygen atoms in total. The molecule has 17 heavy (non-hydrogen) atoms. The van der Waals surface area contributed by atoms with Crippen LogP contribution in [0.25, 0.3) is 0 Å². The van der Waals surface area contributed by atoms with Crippen LogP contribution in [0.4, 0.5) is 0 Å². The van der Waals surface area contributed by atoms with Crippen LogP contribution in [0.3, 0.4) is 0 Å². The molecule has 0 saturated carbocycles. The van der Waals surface area contributed by atoms with Gasteiger partial charge < -0.3 is 10.1 Å². The summed E-state index contributed by atoms with van der Waals surface area (Å²) in [5, 5.41) is 4.76. The molecule has 1 aliphatic rings. The summed E-state index contributed by atoms with van der Waals surface area (Å²) in [4.78, 5) is 0. The molecular formula is C13H17Cl2NO. The number of nitrogens with one attached hydrogen (secondary N) is 1. The van der Waals surface area contributed by atoms with Crippen LogP contribution in [0, 0.1) is 5.92 Å². The van der Waals surface area contributed by atoms with Gasteiger partial charge in [-0.15, -0.1) is 0 Å². The third kappa shape index (κ3) is 3.27. The van der Waals surface area contributed by atoms with Gasteiger partial charge in [-0.25, -0.2) is 0 Å². The molecule has 0 aliphatic carbocycles. The van der Waals surface area contributed by atoms with Gasteiger partial charge in [0, 0.05) is 11.1 Å². The zero-order chi connectivity index (χ0) is 12.3. The van der Waals surface area contributed by atoms with E-state index in [-0.39, 0.29) is 0 Å². The molecule has 4 heteroatoms. The highest BCUT2D eigenvalue weighted by molar-refractivity contribution is 6.34. The summed E-state index contributed by atoms with van der Waals surface area (Å²) in [6.07, 6.45) is 3.42. The summed E-state index contributed by atoms with van der Waals surface area (Å²) < 4.78 is 5.14. The van der Waals surface area contributed by atoms with Crippen molar-refractivity contribution >= 4 is 23.2 Å². The summed E-state index contributed by atoms with van der Waals surface area (Å²) in [7, 11) is 1.60. The van der Waals surface area contributed by atoms with Gasteiger partial charge in [-0.3, -0.25) is 0 Å². The van der Waals surface area contributed by atoms with E-state index >= 15 is 0 Å². The van der Waals surface area contributed by atoms with Crippen LogP contribution in [-0.2, 0) is 6.42 Å². The molecule has 0 amide bonds. The summed E-state index contributed by atoms with van der Waals surface area (Å²) >= 11 is 12.4. The highest BCUT2D eigenvalue weighted by atomic mass is 35.5. The molecular weight excluding hydrogens is 257 g/mol. The normalized spacial score (nSPS) is 17.1. The lowest BCUT2D eigenvalue weighted by Crippen LogP contribution is -2.28. The number of benzene rings is 1. The number of hydrogen-bond acceptors (Lipinski definition) is 2.